The lowest BCUT2D eigenvalue weighted by molar-refractivity contribution is 0.462. The molecule has 1 aromatic carbocycles. The normalized spacial score (nSPS) is 11.9. The fraction of sp³-hybridized carbons (Fsp3) is 0.462. The first-order valence-electron chi connectivity index (χ1n) is 5.84. The Balaban J connectivity index is 2.97. The molecule has 0 bridgehead atoms. The molecule has 0 saturated carbocycles. The van der Waals surface area contributed by atoms with E-state index in [4.69, 9.17) is 11.0 Å². The number of rotatable bonds is 5. The number of anilines is 1. The molecule has 0 amide bonds. The summed E-state index contributed by atoms with van der Waals surface area (Å²) in [5.41, 5.74) is 7.40. The number of phenols is 1. The molecule has 3 N–H and O–H groups in total. The van der Waals surface area contributed by atoms with Gasteiger partial charge in [-0.2, -0.15) is 5.26 Å². The molecule has 4 nitrogen and oxygen atoms in total. The molecule has 0 spiro atoms. The van der Waals surface area contributed by atoms with Gasteiger partial charge < -0.3 is 15.7 Å². The van der Waals surface area contributed by atoms with Crippen LogP contribution < -0.4 is 10.6 Å². The Hall–Kier alpha value is -1.73. The summed E-state index contributed by atoms with van der Waals surface area (Å²) in [7, 11) is 0. The molecule has 1 atom stereocenters. The zero-order chi connectivity index (χ0) is 12.8. The summed E-state index contributed by atoms with van der Waals surface area (Å²) in [6, 6.07) is 7.02. The molecule has 4 heteroatoms. The number of hydrogen-bond acceptors (Lipinski definition) is 4. The Bertz CT molecular complexity index is 408. The highest BCUT2D eigenvalue weighted by molar-refractivity contribution is 5.54. The van der Waals surface area contributed by atoms with Crippen molar-refractivity contribution in [2.24, 2.45) is 5.73 Å². The Morgan fingerprint density at radius 2 is 2.06 bits per heavy atom. The molecule has 17 heavy (non-hydrogen) atoms. The fourth-order valence-electron chi connectivity index (χ4n) is 1.84. The average Bonchev–Trinajstić information content (AvgIpc) is 2.31. The van der Waals surface area contributed by atoms with Gasteiger partial charge in [0.05, 0.1) is 12.5 Å². The Labute approximate surface area is 102 Å². The SMILES string of the molecule is CCN(CC)c1ccc([C@H](N)CC#N)c(O)c1. The summed E-state index contributed by atoms with van der Waals surface area (Å²) >= 11 is 0. The number of hydrogen-bond donors (Lipinski definition) is 2. The molecule has 0 saturated heterocycles. The summed E-state index contributed by atoms with van der Waals surface area (Å²) < 4.78 is 0. The highest BCUT2D eigenvalue weighted by Crippen LogP contribution is 2.29. The van der Waals surface area contributed by atoms with Crippen LogP contribution in [0, 0.1) is 11.3 Å². The van der Waals surface area contributed by atoms with Crippen LogP contribution in [0.3, 0.4) is 0 Å². The Kier molecular flexibility index (Phi) is 4.80. The summed E-state index contributed by atoms with van der Waals surface area (Å²) in [4.78, 5) is 2.14. The van der Waals surface area contributed by atoms with Crippen molar-refractivity contribution in [1.29, 1.82) is 5.26 Å². The van der Waals surface area contributed by atoms with Gasteiger partial charge in [0.1, 0.15) is 5.75 Å². The van der Waals surface area contributed by atoms with Crippen molar-refractivity contribution in [2.75, 3.05) is 18.0 Å². The molecule has 0 aliphatic heterocycles. The molecule has 0 unspecified atom stereocenters. The van der Waals surface area contributed by atoms with E-state index >= 15 is 0 Å². The Morgan fingerprint density at radius 3 is 2.53 bits per heavy atom. The van der Waals surface area contributed by atoms with Gasteiger partial charge in [-0.3, -0.25) is 0 Å². The number of aromatic hydroxyl groups is 1. The lowest BCUT2D eigenvalue weighted by Gasteiger charge is -2.22. The van der Waals surface area contributed by atoms with Crippen molar-refractivity contribution in [2.45, 2.75) is 26.3 Å². The average molecular weight is 233 g/mol. The van der Waals surface area contributed by atoms with E-state index in [0.29, 0.717) is 5.56 Å². The van der Waals surface area contributed by atoms with E-state index in [1.54, 1.807) is 12.1 Å². The minimum Gasteiger partial charge on any atom is -0.508 e. The second-order valence-electron chi connectivity index (χ2n) is 3.88. The van der Waals surface area contributed by atoms with Crippen LogP contribution >= 0.6 is 0 Å². The molecule has 0 fully saturated rings. The zero-order valence-corrected chi connectivity index (χ0v) is 10.3. The third-order valence-electron chi connectivity index (χ3n) is 2.85. The topological polar surface area (TPSA) is 73.3 Å². The van der Waals surface area contributed by atoms with Crippen LogP contribution in [0.2, 0.25) is 0 Å². The van der Waals surface area contributed by atoms with E-state index in [-0.39, 0.29) is 12.2 Å². The van der Waals surface area contributed by atoms with Crippen LogP contribution in [0.1, 0.15) is 31.9 Å². The minimum atomic E-state index is -0.425. The van der Waals surface area contributed by atoms with Crippen LogP contribution in [-0.4, -0.2) is 18.2 Å². The Morgan fingerprint density at radius 1 is 1.41 bits per heavy atom. The molecular weight excluding hydrogens is 214 g/mol. The van der Waals surface area contributed by atoms with Crippen molar-refractivity contribution in [3.05, 3.63) is 23.8 Å². The van der Waals surface area contributed by atoms with E-state index < -0.39 is 6.04 Å². The third kappa shape index (κ3) is 3.11. The minimum absolute atomic E-state index is 0.164. The summed E-state index contributed by atoms with van der Waals surface area (Å²) in [6.45, 7) is 5.91. The smallest absolute Gasteiger partial charge is 0.122 e. The first-order valence-corrected chi connectivity index (χ1v) is 5.84. The number of benzene rings is 1. The van der Waals surface area contributed by atoms with Gasteiger partial charge in [-0.15, -0.1) is 0 Å². The van der Waals surface area contributed by atoms with Crippen molar-refractivity contribution >= 4 is 5.69 Å². The summed E-state index contributed by atoms with van der Waals surface area (Å²) in [5, 5.41) is 18.5. The largest absolute Gasteiger partial charge is 0.508 e. The van der Waals surface area contributed by atoms with Gasteiger partial charge in [0.15, 0.2) is 0 Å². The molecule has 0 heterocycles. The molecule has 0 aliphatic rings. The first kappa shape index (κ1) is 13.3. The molecule has 0 aromatic heterocycles. The highest BCUT2D eigenvalue weighted by atomic mass is 16.3. The van der Waals surface area contributed by atoms with Gasteiger partial charge in [-0.25, -0.2) is 0 Å². The summed E-state index contributed by atoms with van der Waals surface area (Å²) in [5.74, 6) is 0.164. The maximum atomic E-state index is 9.91. The van der Waals surface area contributed by atoms with Crippen molar-refractivity contribution in [3.8, 4) is 11.8 Å². The lowest BCUT2D eigenvalue weighted by Crippen LogP contribution is -2.21. The van der Waals surface area contributed by atoms with E-state index in [2.05, 4.69) is 18.7 Å². The van der Waals surface area contributed by atoms with Crippen LogP contribution in [0.4, 0.5) is 5.69 Å². The second-order valence-corrected chi connectivity index (χ2v) is 3.88. The van der Waals surface area contributed by atoms with E-state index in [1.165, 1.54) is 0 Å². The van der Waals surface area contributed by atoms with Crippen LogP contribution in [-0.2, 0) is 0 Å². The maximum Gasteiger partial charge on any atom is 0.122 e. The number of nitrogens with two attached hydrogens (primary N) is 1. The standard InChI is InChI=1S/C13H19N3O/c1-3-16(4-2)10-5-6-11(13(17)9-10)12(15)7-8-14/h5-6,9,12,17H,3-4,7,15H2,1-2H3/t12-/m1/s1. The van der Waals surface area contributed by atoms with Crippen molar-refractivity contribution in [3.63, 3.8) is 0 Å². The second kappa shape index (κ2) is 6.12. The molecule has 0 aliphatic carbocycles. The molecule has 1 aromatic rings. The predicted molar refractivity (Wildman–Crippen MR) is 68.8 cm³/mol. The van der Waals surface area contributed by atoms with E-state index in [1.807, 2.05) is 12.1 Å². The predicted octanol–water partition coefficient (Wildman–Crippen LogP) is 2.15. The fourth-order valence-corrected chi connectivity index (χ4v) is 1.84. The van der Waals surface area contributed by atoms with Gasteiger partial charge in [-0.05, 0) is 19.9 Å². The molecule has 1 rings (SSSR count). The number of phenolic OH excluding ortho intramolecular Hbond substituents is 1. The van der Waals surface area contributed by atoms with Crippen molar-refractivity contribution < 1.29 is 5.11 Å². The van der Waals surface area contributed by atoms with E-state index in [9.17, 15) is 5.11 Å². The monoisotopic (exact) mass is 233 g/mol. The third-order valence-corrected chi connectivity index (χ3v) is 2.85. The van der Waals surface area contributed by atoms with Gasteiger partial charge in [0.2, 0.25) is 0 Å². The molecule has 92 valence electrons. The highest BCUT2D eigenvalue weighted by Gasteiger charge is 2.12. The number of nitrogens with zero attached hydrogens (tertiary/aromatic N) is 2. The molecular formula is C13H19N3O. The van der Waals surface area contributed by atoms with E-state index in [0.717, 1.165) is 18.8 Å². The lowest BCUT2D eigenvalue weighted by atomic mass is 10.0. The van der Waals surface area contributed by atoms with Crippen molar-refractivity contribution in [1.82, 2.24) is 0 Å². The quantitative estimate of drug-likeness (QED) is 0.817. The van der Waals surface area contributed by atoms with Gasteiger partial charge in [0.25, 0.3) is 0 Å². The van der Waals surface area contributed by atoms with Crippen LogP contribution in [0.5, 0.6) is 5.75 Å². The van der Waals surface area contributed by atoms with Gasteiger partial charge >= 0.3 is 0 Å². The van der Waals surface area contributed by atoms with Crippen LogP contribution in [0.25, 0.3) is 0 Å². The van der Waals surface area contributed by atoms with Gasteiger partial charge in [0, 0.05) is 36.4 Å². The molecule has 0 radical (unpaired) electrons. The van der Waals surface area contributed by atoms with Gasteiger partial charge in [-0.1, -0.05) is 6.07 Å². The zero-order valence-electron chi connectivity index (χ0n) is 10.3. The number of nitriles is 1. The summed E-state index contributed by atoms with van der Waals surface area (Å²) in [6.07, 6.45) is 0.207. The van der Waals surface area contributed by atoms with Crippen LogP contribution in [0.15, 0.2) is 18.2 Å². The first-order chi connectivity index (χ1) is 8.13. The maximum absolute atomic E-state index is 9.91.